The highest BCUT2D eigenvalue weighted by Crippen LogP contribution is 2.26. The summed E-state index contributed by atoms with van der Waals surface area (Å²) in [5.74, 6) is 0. The lowest BCUT2D eigenvalue weighted by Gasteiger charge is -2.17. The van der Waals surface area contributed by atoms with E-state index >= 15 is 0 Å². The highest BCUT2D eigenvalue weighted by molar-refractivity contribution is 6.32. The van der Waals surface area contributed by atoms with Crippen molar-refractivity contribution in [3.05, 3.63) is 38.9 Å². The fourth-order valence-corrected chi connectivity index (χ4v) is 1.51. The summed E-state index contributed by atoms with van der Waals surface area (Å²) < 4.78 is 0. The molecule has 0 saturated carbocycles. The summed E-state index contributed by atoms with van der Waals surface area (Å²) in [4.78, 5) is 10.2. The maximum atomic E-state index is 10.7. The first-order chi connectivity index (χ1) is 7.29. The lowest BCUT2D eigenvalue weighted by molar-refractivity contribution is -0.384. The van der Waals surface area contributed by atoms with Crippen LogP contribution < -0.4 is 5.73 Å². The van der Waals surface area contributed by atoms with Crippen molar-refractivity contribution in [3.8, 4) is 0 Å². The van der Waals surface area contributed by atoms with Crippen molar-refractivity contribution in [1.82, 2.24) is 0 Å². The quantitative estimate of drug-likeness (QED) is 0.652. The number of hydrogen-bond donors (Lipinski definition) is 1. The second-order valence-corrected chi connectivity index (χ2v) is 4.94. The molecular formula is C11H15ClN2O2. The number of rotatable bonds is 4. The van der Waals surface area contributed by atoms with Gasteiger partial charge in [0.15, 0.2) is 0 Å². The average molecular weight is 243 g/mol. The van der Waals surface area contributed by atoms with Crippen LogP contribution in [0.1, 0.15) is 25.8 Å². The van der Waals surface area contributed by atoms with Gasteiger partial charge in [0.25, 0.3) is 5.69 Å². The molecule has 0 heterocycles. The second kappa shape index (κ2) is 4.80. The number of halogens is 1. The molecule has 1 aromatic carbocycles. The zero-order chi connectivity index (χ0) is 12.3. The van der Waals surface area contributed by atoms with Crippen molar-refractivity contribution in [2.24, 2.45) is 5.73 Å². The Hall–Kier alpha value is -1.13. The fraction of sp³-hybridized carbons (Fsp3) is 0.455. The molecule has 0 unspecified atom stereocenters. The maximum absolute atomic E-state index is 10.7. The minimum atomic E-state index is -0.473. The fourth-order valence-electron chi connectivity index (χ4n) is 1.32. The first-order valence-corrected chi connectivity index (χ1v) is 5.39. The van der Waals surface area contributed by atoms with E-state index in [1.165, 1.54) is 6.07 Å². The van der Waals surface area contributed by atoms with Crippen LogP contribution in [0.15, 0.2) is 18.2 Å². The molecule has 2 N–H and O–H groups in total. The third kappa shape index (κ3) is 3.79. The van der Waals surface area contributed by atoms with E-state index in [0.29, 0.717) is 6.42 Å². The van der Waals surface area contributed by atoms with Crippen LogP contribution in [-0.4, -0.2) is 10.5 Å². The summed E-state index contributed by atoms with van der Waals surface area (Å²) in [6, 6.07) is 4.85. The maximum Gasteiger partial charge on any atom is 0.288 e. The van der Waals surface area contributed by atoms with Gasteiger partial charge >= 0.3 is 0 Å². The van der Waals surface area contributed by atoms with Crippen molar-refractivity contribution in [2.45, 2.75) is 32.2 Å². The molecule has 0 saturated heterocycles. The number of benzene rings is 1. The molecular weight excluding hydrogens is 228 g/mol. The van der Waals surface area contributed by atoms with E-state index in [2.05, 4.69) is 0 Å². The standard InChI is InChI=1S/C11H15ClN2O2/c1-11(2,13)6-5-8-3-4-9(12)10(7-8)14(15)16/h3-4,7H,5-6,13H2,1-2H3. The summed E-state index contributed by atoms with van der Waals surface area (Å²) in [5, 5.41) is 10.8. The third-order valence-electron chi connectivity index (χ3n) is 2.27. The lowest BCUT2D eigenvalue weighted by atomic mass is 9.96. The molecule has 0 radical (unpaired) electrons. The summed E-state index contributed by atoms with van der Waals surface area (Å²) in [7, 11) is 0. The number of nitro groups is 1. The number of hydrogen-bond acceptors (Lipinski definition) is 3. The van der Waals surface area contributed by atoms with E-state index < -0.39 is 4.92 Å². The normalized spacial score (nSPS) is 11.5. The van der Waals surface area contributed by atoms with Gasteiger partial charge in [0, 0.05) is 11.6 Å². The van der Waals surface area contributed by atoms with Gasteiger partial charge < -0.3 is 5.73 Å². The van der Waals surface area contributed by atoms with Crippen LogP contribution in [0.2, 0.25) is 5.02 Å². The van der Waals surface area contributed by atoms with E-state index in [-0.39, 0.29) is 16.2 Å². The van der Waals surface area contributed by atoms with Gasteiger partial charge in [-0.15, -0.1) is 0 Å². The molecule has 0 bridgehead atoms. The molecule has 88 valence electrons. The number of nitrogens with zero attached hydrogens (tertiary/aromatic N) is 1. The first kappa shape index (κ1) is 12.9. The molecule has 0 aliphatic heterocycles. The van der Waals surface area contributed by atoms with Gasteiger partial charge in [-0.3, -0.25) is 10.1 Å². The van der Waals surface area contributed by atoms with Crippen molar-refractivity contribution < 1.29 is 4.92 Å². The molecule has 0 aliphatic rings. The smallest absolute Gasteiger partial charge is 0.288 e. The van der Waals surface area contributed by atoms with E-state index in [9.17, 15) is 10.1 Å². The monoisotopic (exact) mass is 242 g/mol. The molecule has 0 fully saturated rings. The third-order valence-corrected chi connectivity index (χ3v) is 2.58. The summed E-state index contributed by atoms with van der Waals surface area (Å²) >= 11 is 5.71. The van der Waals surface area contributed by atoms with Crippen LogP contribution in [-0.2, 0) is 6.42 Å². The highest BCUT2D eigenvalue weighted by Gasteiger charge is 2.15. The van der Waals surface area contributed by atoms with Crippen LogP contribution in [0.25, 0.3) is 0 Å². The molecule has 1 aromatic rings. The lowest BCUT2D eigenvalue weighted by Crippen LogP contribution is -2.32. The van der Waals surface area contributed by atoms with E-state index in [1.54, 1.807) is 12.1 Å². The molecule has 4 nitrogen and oxygen atoms in total. The first-order valence-electron chi connectivity index (χ1n) is 5.01. The van der Waals surface area contributed by atoms with E-state index in [1.807, 2.05) is 13.8 Å². The summed E-state index contributed by atoms with van der Waals surface area (Å²) in [6.07, 6.45) is 1.48. The largest absolute Gasteiger partial charge is 0.326 e. The van der Waals surface area contributed by atoms with Crippen molar-refractivity contribution >= 4 is 17.3 Å². The average Bonchev–Trinajstić information content (AvgIpc) is 2.14. The van der Waals surface area contributed by atoms with Crippen molar-refractivity contribution in [2.75, 3.05) is 0 Å². The van der Waals surface area contributed by atoms with Crippen molar-refractivity contribution in [3.63, 3.8) is 0 Å². The SMILES string of the molecule is CC(C)(N)CCc1ccc(Cl)c([N+](=O)[O-])c1. The Morgan fingerprint density at radius 2 is 2.12 bits per heavy atom. The van der Waals surface area contributed by atoms with Gasteiger partial charge in [0.1, 0.15) is 5.02 Å². The van der Waals surface area contributed by atoms with Crippen LogP contribution in [0.5, 0.6) is 0 Å². The van der Waals surface area contributed by atoms with E-state index in [4.69, 9.17) is 17.3 Å². The Labute approximate surface area is 99.6 Å². The predicted octanol–water partition coefficient (Wildman–Crippen LogP) is 2.92. The second-order valence-electron chi connectivity index (χ2n) is 4.53. The molecule has 5 heteroatoms. The molecule has 16 heavy (non-hydrogen) atoms. The number of nitro benzene ring substituents is 1. The minimum absolute atomic E-state index is 0.0472. The van der Waals surface area contributed by atoms with Crippen LogP contribution in [0, 0.1) is 10.1 Å². The van der Waals surface area contributed by atoms with Crippen LogP contribution >= 0.6 is 11.6 Å². The molecule has 0 aliphatic carbocycles. The summed E-state index contributed by atoms with van der Waals surface area (Å²) in [6.45, 7) is 3.86. The zero-order valence-corrected chi connectivity index (χ0v) is 10.1. The van der Waals surface area contributed by atoms with Gasteiger partial charge in [0.2, 0.25) is 0 Å². The molecule has 0 aromatic heterocycles. The molecule has 0 atom stereocenters. The predicted molar refractivity (Wildman–Crippen MR) is 64.7 cm³/mol. The highest BCUT2D eigenvalue weighted by atomic mass is 35.5. The molecule has 0 amide bonds. The van der Waals surface area contributed by atoms with Crippen LogP contribution in [0.4, 0.5) is 5.69 Å². The Morgan fingerprint density at radius 3 is 2.62 bits per heavy atom. The topological polar surface area (TPSA) is 69.2 Å². The Bertz CT molecular complexity index is 399. The summed E-state index contributed by atoms with van der Waals surface area (Å²) in [5.41, 5.74) is 6.42. The Kier molecular flexibility index (Phi) is 3.88. The van der Waals surface area contributed by atoms with Crippen LogP contribution in [0.3, 0.4) is 0 Å². The van der Waals surface area contributed by atoms with Gasteiger partial charge in [-0.25, -0.2) is 0 Å². The van der Waals surface area contributed by atoms with E-state index in [0.717, 1.165) is 12.0 Å². The van der Waals surface area contributed by atoms with Gasteiger partial charge in [-0.1, -0.05) is 17.7 Å². The van der Waals surface area contributed by atoms with Crippen molar-refractivity contribution in [1.29, 1.82) is 0 Å². The van der Waals surface area contributed by atoms with Gasteiger partial charge in [-0.2, -0.15) is 0 Å². The van der Waals surface area contributed by atoms with Gasteiger partial charge in [0.05, 0.1) is 4.92 Å². The number of nitrogens with two attached hydrogens (primary N) is 1. The Morgan fingerprint density at radius 1 is 1.50 bits per heavy atom. The number of aryl methyl sites for hydroxylation is 1. The zero-order valence-electron chi connectivity index (χ0n) is 9.37. The minimum Gasteiger partial charge on any atom is -0.326 e. The van der Waals surface area contributed by atoms with Gasteiger partial charge in [-0.05, 0) is 38.3 Å². The molecule has 1 rings (SSSR count). The Balaban J connectivity index is 2.83. The molecule has 0 spiro atoms.